The second kappa shape index (κ2) is 3.79. The number of hydrogen-bond acceptors (Lipinski definition) is 5. The van der Waals surface area contributed by atoms with Crippen LogP contribution in [-0.2, 0) is 0 Å². The lowest BCUT2D eigenvalue weighted by Crippen LogP contribution is -2.20. The number of nitrogens with zero attached hydrogens (tertiary/aromatic N) is 2. The van der Waals surface area contributed by atoms with E-state index in [-0.39, 0.29) is 16.9 Å². The molecule has 0 aromatic carbocycles. The maximum atomic E-state index is 10.7. The number of β-amino-alcohol motifs (C(OH)–C–C–N with tert-alkyl or cyclic N) is 1. The monoisotopic (exact) mass is 228 g/mol. The summed E-state index contributed by atoms with van der Waals surface area (Å²) in [5, 5.41) is 19.0. The van der Waals surface area contributed by atoms with E-state index in [2.05, 4.69) is 4.98 Å². The number of carbonyl (C=O) groups is 1. The molecule has 0 radical (unpaired) electrons. The fourth-order valence-electron chi connectivity index (χ4n) is 1.62. The van der Waals surface area contributed by atoms with Gasteiger partial charge < -0.3 is 15.1 Å². The summed E-state index contributed by atoms with van der Waals surface area (Å²) >= 11 is 1.15. The van der Waals surface area contributed by atoms with Crippen LogP contribution in [0.5, 0.6) is 0 Å². The minimum Gasteiger partial charge on any atom is -0.477 e. The van der Waals surface area contributed by atoms with E-state index in [1.807, 2.05) is 11.8 Å². The Hall–Kier alpha value is -1.14. The molecule has 1 aromatic heterocycles. The van der Waals surface area contributed by atoms with E-state index in [1.54, 1.807) is 0 Å². The molecule has 2 heterocycles. The molecule has 82 valence electrons. The van der Waals surface area contributed by atoms with Crippen LogP contribution in [0.4, 0.5) is 5.13 Å². The van der Waals surface area contributed by atoms with E-state index in [0.29, 0.717) is 11.7 Å². The first-order chi connectivity index (χ1) is 7.08. The molecule has 1 saturated heterocycles. The molecule has 1 aliphatic heterocycles. The summed E-state index contributed by atoms with van der Waals surface area (Å²) in [5.41, 5.74) is 0. The predicted molar refractivity (Wildman–Crippen MR) is 56.5 cm³/mol. The summed E-state index contributed by atoms with van der Waals surface area (Å²) in [6, 6.07) is 0. The van der Waals surface area contributed by atoms with Gasteiger partial charge in [0.25, 0.3) is 0 Å². The van der Waals surface area contributed by atoms with E-state index in [4.69, 9.17) is 5.11 Å². The second-order valence-corrected chi connectivity index (χ2v) is 4.77. The van der Waals surface area contributed by atoms with Gasteiger partial charge in [-0.1, -0.05) is 18.3 Å². The summed E-state index contributed by atoms with van der Waals surface area (Å²) in [6.45, 7) is 3.23. The Balaban J connectivity index is 2.14. The highest BCUT2D eigenvalue weighted by atomic mass is 32.1. The molecule has 2 unspecified atom stereocenters. The van der Waals surface area contributed by atoms with Crippen molar-refractivity contribution in [2.24, 2.45) is 5.92 Å². The fourth-order valence-corrected chi connectivity index (χ4v) is 2.39. The first-order valence-corrected chi connectivity index (χ1v) is 5.51. The molecule has 1 aromatic rings. The molecule has 2 rings (SSSR count). The number of rotatable bonds is 2. The van der Waals surface area contributed by atoms with Crippen LogP contribution in [0.2, 0.25) is 0 Å². The fraction of sp³-hybridized carbons (Fsp3) is 0.556. The van der Waals surface area contributed by atoms with Crippen LogP contribution in [0.15, 0.2) is 6.20 Å². The van der Waals surface area contributed by atoms with Gasteiger partial charge in [-0.15, -0.1) is 0 Å². The maximum absolute atomic E-state index is 10.7. The van der Waals surface area contributed by atoms with Gasteiger partial charge in [-0.25, -0.2) is 9.78 Å². The van der Waals surface area contributed by atoms with Gasteiger partial charge in [0.2, 0.25) is 0 Å². The smallest absolute Gasteiger partial charge is 0.347 e. The van der Waals surface area contributed by atoms with Crippen molar-refractivity contribution in [1.82, 2.24) is 4.98 Å². The van der Waals surface area contributed by atoms with E-state index >= 15 is 0 Å². The van der Waals surface area contributed by atoms with Gasteiger partial charge in [-0.05, 0) is 0 Å². The maximum Gasteiger partial charge on any atom is 0.347 e. The van der Waals surface area contributed by atoms with E-state index in [9.17, 15) is 9.90 Å². The Kier molecular flexibility index (Phi) is 2.62. The normalized spacial score (nSPS) is 25.9. The number of carboxylic acid groups (broad SMARTS) is 1. The Bertz CT molecular complexity index is 369. The van der Waals surface area contributed by atoms with Crippen molar-refractivity contribution in [2.75, 3.05) is 18.0 Å². The molecule has 2 N–H and O–H groups in total. The predicted octanol–water partition coefficient (Wildman–Crippen LogP) is 0.658. The van der Waals surface area contributed by atoms with Crippen molar-refractivity contribution in [3.8, 4) is 0 Å². The van der Waals surface area contributed by atoms with E-state index < -0.39 is 5.97 Å². The van der Waals surface area contributed by atoms with Crippen molar-refractivity contribution in [2.45, 2.75) is 13.0 Å². The van der Waals surface area contributed by atoms with Gasteiger partial charge in [-0.3, -0.25) is 0 Å². The van der Waals surface area contributed by atoms with Crippen LogP contribution in [0.1, 0.15) is 16.6 Å². The van der Waals surface area contributed by atoms with Crippen molar-refractivity contribution in [3.05, 3.63) is 11.1 Å². The Morgan fingerprint density at radius 2 is 2.40 bits per heavy atom. The quantitative estimate of drug-likeness (QED) is 0.777. The number of hydrogen-bond donors (Lipinski definition) is 2. The number of aromatic nitrogens is 1. The highest BCUT2D eigenvalue weighted by Crippen LogP contribution is 2.27. The summed E-state index contributed by atoms with van der Waals surface area (Å²) in [7, 11) is 0. The first kappa shape index (κ1) is 10.4. The summed E-state index contributed by atoms with van der Waals surface area (Å²) in [4.78, 5) is 16.9. The molecule has 15 heavy (non-hydrogen) atoms. The van der Waals surface area contributed by atoms with Crippen LogP contribution in [0, 0.1) is 5.92 Å². The zero-order chi connectivity index (χ0) is 11.0. The summed E-state index contributed by atoms with van der Waals surface area (Å²) in [6.07, 6.45) is 1.01. The first-order valence-electron chi connectivity index (χ1n) is 4.70. The molecule has 0 spiro atoms. The SMILES string of the molecule is CC1CN(c2ncc(C(=O)O)s2)CC1O. The average molecular weight is 228 g/mol. The van der Waals surface area contributed by atoms with Crippen molar-refractivity contribution >= 4 is 22.4 Å². The largest absolute Gasteiger partial charge is 0.477 e. The van der Waals surface area contributed by atoms with Gasteiger partial charge in [0, 0.05) is 19.0 Å². The van der Waals surface area contributed by atoms with Gasteiger partial charge in [-0.2, -0.15) is 0 Å². The van der Waals surface area contributed by atoms with E-state index in [0.717, 1.165) is 17.9 Å². The summed E-state index contributed by atoms with van der Waals surface area (Å²) < 4.78 is 0. The lowest BCUT2D eigenvalue weighted by molar-refractivity contribution is 0.0702. The zero-order valence-corrected chi connectivity index (χ0v) is 9.07. The van der Waals surface area contributed by atoms with E-state index in [1.165, 1.54) is 6.20 Å². The van der Waals surface area contributed by atoms with Crippen LogP contribution >= 0.6 is 11.3 Å². The van der Waals surface area contributed by atoms with Crippen LogP contribution in [0.3, 0.4) is 0 Å². The lowest BCUT2D eigenvalue weighted by atomic mass is 10.1. The number of carboxylic acids is 1. The van der Waals surface area contributed by atoms with Crippen LogP contribution < -0.4 is 4.90 Å². The van der Waals surface area contributed by atoms with Crippen LogP contribution in [-0.4, -0.2) is 40.4 Å². The topological polar surface area (TPSA) is 73.7 Å². The molecule has 0 bridgehead atoms. The molecule has 1 aliphatic rings. The zero-order valence-electron chi connectivity index (χ0n) is 8.25. The lowest BCUT2D eigenvalue weighted by Gasteiger charge is -2.12. The number of aliphatic hydroxyl groups excluding tert-OH is 1. The molecule has 0 aliphatic carbocycles. The second-order valence-electron chi connectivity index (χ2n) is 3.76. The van der Waals surface area contributed by atoms with Crippen LogP contribution in [0.25, 0.3) is 0 Å². The number of anilines is 1. The molecule has 2 atom stereocenters. The third-order valence-electron chi connectivity index (χ3n) is 2.55. The van der Waals surface area contributed by atoms with Gasteiger partial charge >= 0.3 is 5.97 Å². The summed E-state index contributed by atoms with van der Waals surface area (Å²) in [5.74, 6) is -0.742. The number of aromatic carboxylic acids is 1. The molecular weight excluding hydrogens is 216 g/mol. The van der Waals surface area contributed by atoms with Crippen molar-refractivity contribution < 1.29 is 15.0 Å². The van der Waals surface area contributed by atoms with Gasteiger partial charge in [0.15, 0.2) is 5.13 Å². The third kappa shape index (κ3) is 1.95. The number of thiazole rings is 1. The molecular formula is C9H12N2O3S. The highest BCUT2D eigenvalue weighted by Gasteiger charge is 2.29. The van der Waals surface area contributed by atoms with Gasteiger partial charge in [0.1, 0.15) is 4.88 Å². The molecule has 0 amide bonds. The molecule has 0 saturated carbocycles. The van der Waals surface area contributed by atoms with Crippen molar-refractivity contribution in [3.63, 3.8) is 0 Å². The van der Waals surface area contributed by atoms with Crippen molar-refractivity contribution in [1.29, 1.82) is 0 Å². The molecule has 5 nitrogen and oxygen atoms in total. The van der Waals surface area contributed by atoms with Gasteiger partial charge in [0.05, 0.1) is 12.3 Å². The average Bonchev–Trinajstić information content (AvgIpc) is 2.74. The Morgan fingerprint density at radius 1 is 1.67 bits per heavy atom. The minimum atomic E-state index is -0.952. The number of aliphatic hydroxyl groups is 1. The minimum absolute atomic E-state index is 0.210. The highest BCUT2D eigenvalue weighted by molar-refractivity contribution is 7.17. The third-order valence-corrected chi connectivity index (χ3v) is 3.59. The Labute approximate surface area is 91.0 Å². The molecule has 1 fully saturated rings. The standard InChI is InChI=1S/C9H12N2O3S/c1-5-3-11(4-6(5)12)9-10-2-7(15-9)8(13)14/h2,5-6,12H,3-4H2,1H3,(H,13,14). The molecule has 6 heteroatoms. The Morgan fingerprint density at radius 3 is 2.87 bits per heavy atom.